The highest BCUT2D eigenvalue weighted by atomic mass is 19.1. The van der Waals surface area contributed by atoms with Gasteiger partial charge in [-0.05, 0) is 54.5 Å². The Morgan fingerprint density at radius 1 is 0.972 bits per heavy atom. The largest absolute Gasteiger partial charge is 0.466 e. The van der Waals surface area contributed by atoms with Crippen molar-refractivity contribution < 1.29 is 23.5 Å². The number of fused-ring (bicyclic) bond motifs is 2. The van der Waals surface area contributed by atoms with Gasteiger partial charge in [0.05, 0.1) is 24.3 Å². The molecule has 5 rings (SSSR count). The topological polar surface area (TPSA) is 76.7 Å². The number of hydrogen-bond donors (Lipinski definition) is 2. The minimum atomic E-state index is -1.24. The van der Waals surface area contributed by atoms with Gasteiger partial charge in [0.2, 0.25) is 0 Å². The Kier molecular flexibility index (Phi) is 6.40. The van der Waals surface area contributed by atoms with Crippen molar-refractivity contribution in [3.63, 3.8) is 0 Å². The van der Waals surface area contributed by atoms with Crippen molar-refractivity contribution in [3.8, 4) is 0 Å². The molecule has 0 aliphatic carbocycles. The number of carbonyl (C=O) groups excluding carboxylic acids is 2. The number of nitrogens with one attached hydrogen (secondary N) is 2. The van der Waals surface area contributed by atoms with Crippen LogP contribution in [0.3, 0.4) is 0 Å². The minimum Gasteiger partial charge on any atom is -0.466 e. The molecule has 2 aliphatic heterocycles. The Hall–Kier alpha value is -4.23. The molecule has 3 aromatic carbocycles. The first-order chi connectivity index (χ1) is 17.5. The summed E-state index contributed by atoms with van der Waals surface area (Å²) in [6.45, 7) is 0. The standard InChI is InChI=1S/C29H25FN2O4/c1-35-28(34)26-25(27(33)32-22-14-12-20(30)13-15-22)23-16-17-29(26,36-23)24(18-19-8-4-2-5-9-19)31-21-10-6-3-7-11-21/h2-17,23-24,31H,18H2,1H3,(H,32,33). The molecule has 0 fully saturated rings. The summed E-state index contributed by atoms with van der Waals surface area (Å²) in [7, 11) is 1.28. The third-order valence-electron chi connectivity index (χ3n) is 6.44. The van der Waals surface area contributed by atoms with E-state index in [1.165, 1.54) is 31.4 Å². The first kappa shape index (κ1) is 23.5. The summed E-state index contributed by atoms with van der Waals surface area (Å²) in [5.74, 6) is -1.56. The number of esters is 1. The second-order valence-electron chi connectivity index (χ2n) is 8.68. The molecular weight excluding hydrogens is 459 g/mol. The van der Waals surface area contributed by atoms with E-state index in [-0.39, 0.29) is 11.1 Å². The van der Waals surface area contributed by atoms with Crippen LogP contribution in [0.25, 0.3) is 0 Å². The van der Waals surface area contributed by atoms with E-state index in [0.717, 1.165) is 11.3 Å². The number of rotatable bonds is 8. The van der Waals surface area contributed by atoms with Crippen LogP contribution in [0.15, 0.2) is 108 Å². The zero-order chi connectivity index (χ0) is 25.1. The summed E-state index contributed by atoms with van der Waals surface area (Å²) in [5, 5.41) is 6.28. The van der Waals surface area contributed by atoms with Crippen LogP contribution >= 0.6 is 0 Å². The molecule has 36 heavy (non-hydrogen) atoms. The Morgan fingerprint density at radius 3 is 2.31 bits per heavy atom. The van der Waals surface area contributed by atoms with Crippen molar-refractivity contribution >= 4 is 23.3 Å². The number of anilines is 2. The van der Waals surface area contributed by atoms with Crippen LogP contribution in [-0.2, 0) is 25.5 Å². The number of halogens is 1. The summed E-state index contributed by atoms with van der Waals surface area (Å²) in [6, 6.07) is 24.5. The van der Waals surface area contributed by atoms with Crippen molar-refractivity contribution in [2.75, 3.05) is 17.7 Å². The molecule has 0 radical (unpaired) electrons. The summed E-state index contributed by atoms with van der Waals surface area (Å²) < 4.78 is 24.9. The summed E-state index contributed by atoms with van der Waals surface area (Å²) in [5.41, 5.74) is 1.39. The van der Waals surface area contributed by atoms with E-state index in [1.807, 2.05) is 66.7 Å². The number of amides is 1. The van der Waals surface area contributed by atoms with Gasteiger partial charge in [-0.3, -0.25) is 4.79 Å². The zero-order valence-corrected chi connectivity index (χ0v) is 19.6. The number of carbonyl (C=O) groups is 2. The van der Waals surface area contributed by atoms with E-state index in [0.29, 0.717) is 12.1 Å². The number of para-hydroxylation sites is 1. The summed E-state index contributed by atoms with van der Waals surface area (Å²) in [4.78, 5) is 26.6. The third-order valence-corrected chi connectivity index (χ3v) is 6.44. The second-order valence-corrected chi connectivity index (χ2v) is 8.68. The molecule has 3 unspecified atom stereocenters. The van der Waals surface area contributed by atoms with Gasteiger partial charge in [-0.2, -0.15) is 0 Å². The van der Waals surface area contributed by atoms with Crippen LogP contribution in [0.1, 0.15) is 5.56 Å². The van der Waals surface area contributed by atoms with Crippen molar-refractivity contribution in [2.45, 2.75) is 24.2 Å². The Bertz CT molecular complexity index is 1280. The number of methoxy groups -OCH3 is 1. The Labute approximate surface area is 208 Å². The van der Waals surface area contributed by atoms with Gasteiger partial charge >= 0.3 is 5.97 Å². The number of benzene rings is 3. The molecule has 0 aromatic heterocycles. The van der Waals surface area contributed by atoms with Crippen LogP contribution in [0, 0.1) is 5.82 Å². The predicted molar refractivity (Wildman–Crippen MR) is 135 cm³/mol. The monoisotopic (exact) mass is 484 g/mol. The average Bonchev–Trinajstić information content (AvgIpc) is 3.49. The highest BCUT2D eigenvalue weighted by Crippen LogP contribution is 2.47. The van der Waals surface area contributed by atoms with Gasteiger partial charge in [-0.1, -0.05) is 54.6 Å². The predicted octanol–water partition coefficient (Wildman–Crippen LogP) is 4.66. The molecule has 3 aromatic rings. The van der Waals surface area contributed by atoms with Gasteiger partial charge < -0.3 is 20.1 Å². The number of ether oxygens (including phenoxy) is 2. The van der Waals surface area contributed by atoms with Gasteiger partial charge in [0.1, 0.15) is 17.5 Å². The molecule has 0 spiro atoms. The van der Waals surface area contributed by atoms with Crippen molar-refractivity contribution in [1.29, 1.82) is 0 Å². The Morgan fingerprint density at radius 2 is 1.64 bits per heavy atom. The van der Waals surface area contributed by atoms with Crippen LogP contribution in [0.4, 0.5) is 15.8 Å². The molecule has 6 nitrogen and oxygen atoms in total. The maximum atomic E-state index is 13.4. The number of hydrogen-bond acceptors (Lipinski definition) is 5. The fraction of sp³-hybridized carbons (Fsp3) is 0.172. The SMILES string of the molecule is COC(=O)C1=C(C(=O)Nc2ccc(F)cc2)C2C=CC1(C(Cc1ccccc1)Nc1ccccc1)O2. The third kappa shape index (κ3) is 4.41. The molecule has 0 saturated heterocycles. The first-order valence-corrected chi connectivity index (χ1v) is 11.6. The molecule has 7 heteroatoms. The van der Waals surface area contributed by atoms with Crippen LogP contribution < -0.4 is 10.6 Å². The highest BCUT2D eigenvalue weighted by molar-refractivity contribution is 6.12. The van der Waals surface area contributed by atoms with Gasteiger partial charge in [0.25, 0.3) is 5.91 Å². The van der Waals surface area contributed by atoms with E-state index in [2.05, 4.69) is 10.6 Å². The maximum absolute atomic E-state index is 13.4. The van der Waals surface area contributed by atoms with Crippen LogP contribution in [0.5, 0.6) is 0 Å². The summed E-state index contributed by atoms with van der Waals surface area (Å²) >= 11 is 0. The quantitative estimate of drug-likeness (QED) is 0.359. The van der Waals surface area contributed by atoms with Gasteiger partial charge in [0.15, 0.2) is 0 Å². The highest BCUT2D eigenvalue weighted by Gasteiger charge is 2.58. The molecule has 1 amide bonds. The average molecular weight is 485 g/mol. The second kappa shape index (κ2) is 9.79. The van der Waals surface area contributed by atoms with Crippen molar-refractivity contribution in [2.24, 2.45) is 0 Å². The van der Waals surface area contributed by atoms with E-state index >= 15 is 0 Å². The normalized spacial score (nSPS) is 20.8. The maximum Gasteiger partial charge on any atom is 0.337 e. The van der Waals surface area contributed by atoms with Crippen LogP contribution in [-0.4, -0.2) is 36.7 Å². The van der Waals surface area contributed by atoms with Gasteiger partial charge in [-0.15, -0.1) is 0 Å². The summed E-state index contributed by atoms with van der Waals surface area (Å²) in [6.07, 6.45) is 3.41. The fourth-order valence-corrected chi connectivity index (χ4v) is 4.78. The fourth-order valence-electron chi connectivity index (χ4n) is 4.78. The van der Waals surface area contributed by atoms with Crippen molar-refractivity contribution in [3.05, 3.63) is 120 Å². The molecular formula is C29H25FN2O4. The lowest BCUT2D eigenvalue weighted by Crippen LogP contribution is -2.49. The molecule has 2 aliphatic rings. The van der Waals surface area contributed by atoms with Crippen molar-refractivity contribution in [1.82, 2.24) is 0 Å². The van der Waals surface area contributed by atoms with E-state index in [1.54, 1.807) is 6.08 Å². The van der Waals surface area contributed by atoms with Crippen LogP contribution in [0.2, 0.25) is 0 Å². The molecule has 0 saturated carbocycles. The lowest BCUT2D eigenvalue weighted by molar-refractivity contribution is -0.138. The van der Waals surface area contributed by atoms with E-state index in [4.69, 9.17) is 9.47 Å². The van der Waals surface area contributed by atoms with Gasteiger partial charge in [-0.25, -0.2) is 9.18 Å². The van der Waals surface area contributed by atoms with Gasteiger partial charge in [0, 0.05) is 11.4 Å². The smallest absolute Gasteiger partial charge is 0.337 e. The Balaban J connectivity index is 1.56. The molecule has 3 atom stereocenters. The molecule has 2 heterocycles. The lowest BCUT2D eigenvalue weighted by Gasteiger charge is -2.36. The molecule has 182 valence electrons. The van der Waals surface area contributed by atoms with E-state index in [9.17, 15) is 14.0 Å². The van der Waals surface area contributed by atoms with E-state index < -0.39 is 35.4 Å². The minimum absolute atomic E-state index is 0.154. The molecule has 2 bridgehead atoms. The molecule has 2 N–H and O–H groups in total. The first-order valence-electron chi connectivity index (χ1n) is 11.6. The zero-order valence-electron chi connectivity index (χ0n) is 19.6. The lowest BCUT2D eigenvalue weighted by atomic mass is 9.78.